The summed E-state index contributed by atoms with van der Waals surface area (Å²) in [5.74, 6) is -1.63. The minimum absolute atomic E-state index is 0.0104. The second-order valence-corrected chi connectivity index (χ2v) is 5.80. The summed E-state index contributed by atoms with van der Waals surface area (Å²) in [4.78, 5) is 22.8. The number of hydrogen-bond donors (Lipinski definition) is 2. The molecule has 1 unspecified atom stereocenters. The van der Waals surface area contributed by atoms with Crippen molar-refractivity contribution in [2.24, 2.45) is 0 Å². The first-order valence-corrected chi connectivity index (χ1v) is 7.52. The van der Waals surface area contributed by atoms with Crippen LogP contribution in [0.2, 0.25) is 0 Å². The van der Waals surface area contributed by atoms with Crippen LogP contribution in [-0.4, -0.2) is 35.2 Å². The highest BCUT2D eigenvalue weighted by atomic mass is 19.4. The summed E-state index contributed by atoms with van der Waals surface area (Å²) < 4.78 is 44.0. The van der Waals surface area contributed by atoms with E-state index in [-0.39, 0.29) is 24.8 Å². The number of hydrogen-bond acceptors (Lipinski definition) is 3. The maximum Gasteiger partial charge on any atom is 0.416 e. The van der Waals surface area contributed by atoms with Gasteiger partial charge in [0.2, 0.25) is 5.91 Å². The number of ether oxygens (including phenoxy) is 1. The molecule has 8 heteroatoms. The number of amides is 1. The molecule has 0 radical (unpaired) electrons. The SMILES string of the molecule is CC(Cc1ccccc1C(F)(F)F)NC(=O)[C@@H]1CC[C@H](C(=O)O)O1. The Bertz CT molecular complexity index is 618. The average Bonchev–Trinajstić information content (AvgIpc) is 2.96. The summed E-state index contributed by atoms with van der Waals surface area (Å²) in [6.45, 7) is 1.59. The van der Waals surface area contributed by atoms with Crippen molar-refractivity contribution in [3.05, 3.63) is 35.4 Å². The van der Waals surface area contributed by atoms with Crippen molar-refractivity contribution in [3.63, 3.8) is 0 Å². The predicted molar refractivity (Wildman–Crippen MR) is 78.3 cm³/mol. The summed E-state index contributed by atoms with van der Waals surface area (Å²) >= 11 is 0. The van der Waals surface area contributed by atoms with E-state index in [4.69, 9.17) is 9.84 Å². The van der Waals surface area contributed by atoms with Crippen LogP contribution in [0.15, 0.2) is 24.3 Å². The van der Waals surface area contributed by atoms with E-state index in [2.05, 4.69) is 5.32 Å². The number of carbonyl (C=O) groups is 2. The van der Waals surface area contributed by atoms with Gasteiger partial charge in [0.1, 0.15) is 6.10 Å². The van der Waals surface area contributed by atoms with Gasteiger partial charge in [-0.3, -0.25) is 4.79 Å². The Morgan fingerprint density at radius 1 is 1.29 bits per heavy atom. The molecule has 1 aromatic carbocycles. The van der Waals surface area contributed by atoms with Crippen LogP contribution in [0.1, 0.15) is 30.9 Å². The van der Waals surface area contributed by atoms with Crippen molar-refractivity contribution in [1.82, 2.24) is 5.32 Å². The first kappa shape index (κ1) is 18.3. The number of carboxylic acids is 1. The molecule has 0 aliphatic carbocycles. The molecule has 2 rings (SSSR count). The van der Waals surface area contributed by atoms with Crippen LogP contribution >= 0.6 is 0 Å². The number of aliphatic carboxylic acids is 1. The summed E-state index contributed by atoms with van der Waals surface area (Å²) in [5.41, 5.74) is -0.636. The van der Waals surface area contributed by atoms with Gasteiger partial charge in [0, 0.05) is 6.04 Å². The molecule has 2 N–H and O–H groups in total. The van der Waals surface area contributed by atoms with Crippen LogP contribution in [0.3, 0.4) is 0 Å². The minimum Gasteiger partial charge on any atom is -0.479 e. The smallest absolute Gasteiger partial charge is 0.416 e. The Balaban J connectivity index is 1.96. The fraction of sp³-hybridized carbons (Fsp3) is 0.500. The molecule has 132 valence electrons. The van der Waals surface area contributed by atoms with E-state index in [1.54, 1.807) is 6.92 Å². The van der Waals surface area contributed by atoms with E-state index in [1.807, 2.05) is 0 Å². The van der Waals surface area contributed by atoms with E-state index >= 15 is 0 Å². The fourth-order valence-electron chi connectivity index (χ4n) is 2.70. The number of carboxylic acid groups (broad SMARTS) is 1. The normalized spacial score (nSPS) is 22.2. The molecule has 0 saturated carbocycles. The van der Waals surface area contributed by atoms with Crippen molar-refractivity contribution in [2.45, 2.75) is 50.6 Å². The van der Waals surface area contributed by atoms with Gasteiger partial charge in [-0.2, -0.15) is 13.2 Å². The maximum atomic E-state index is 13.0. The Hall–Kier alpha value is -2.09. The summed E-state index contributed by atoms with van der Waals surface area (Å²) in [6.07, 6.45) is -5.83. The molecule has 1 saturated heterocycles. The predicted octanol–water partition coefficient (Wildman–Crippen LogP) is 2.38. The summed E-state index contributed by atoms with van der Waals surface area (Å²) in [6, 6.07) is 4.65. The van der Waals surface area contributed by atoms with Crippen LogP contribution in [0, 0.1) is 0 Å². The van der Waals surface area contributed by atoms with Gasteiger partial charge < -0.3 is 15.2 Å². The average molecular weight is 345 g/mol. The van der Waals surface area contributed by atoms with Crippen molar-refractivity contribution < 1.29 is 32.6 Å². The Morgan fingerprint density at radius 2 is 1.92 bits per heavy atom. The van der Waals surface area contributed by atoms with E-state index < -0.39 is 41.9 Å². The molecule has 1 fully saturated rings. The number of rotatable bonds is 5. The number of benzene rings is 1. The molecule has 5 nitrogen and oxygen atoms in total. The monoisotopic (exact) mass is 345 g/mol. The third-order valence-corrected chi connectivity index (χ3v) is 3.82. The van der Waals surface area contributed by atoms with Crippen LogP contribution in [-0.2, 0) is 26.9 Å². The number of carbonyl (C=O) groups excluding carboxylic acids is 1. The third kappa shape index (κ3) is 4.47. The topological polar surface area (TPSA) is 75.6 Å². The lowest BCUT2D eigenvalue weighted by Gasteiger charge is -2.19. The van der Waals surface area contributed by atoms with Gasteiger partial charge in [0.15, 0.2) is 6.10 Å². The summed E-state index contributed by atoms with van der Waals surface area (Å²) in [7, 11) is 0. The molecule has 0 aromatic heterocycles. The molecular formula is C16H18F3NO4. The zero-order chi connectivity index (χ0) is 17.9. The standard InChI is InChI=1S/C16H18F3NO4/c1-9(8-10-4-2-3-5-11(10)16(17,18)19)20-14(21)12-6-7-13(24-12)15(22)23/h2-5,9,12-13H,6-8H2,1H3,(H,20,21)(H,22,23)/t9?,12-,13+/m0/s1. The Kier molecular flexibility index (Phi) is 5.48. The molecule has 1 aliphatic heterocycles. The first-order valence-electron chi connectivity index (χ1n) is 7.52. The van der Waals surface area contributed by atoms with E-state index in [9.17, 15) is 22.8 Å². The highest BCUT2D eigenvalue weighted by Gasteiger charge is 2.36. The highest BCUT2D eigenvalue weighted by Crippen LogP contribution is 2.32. The molecule has 1 aromatic rings. The summed E-state index contributed by atoms with van der Waals surface area (Å²) in [5, 5.41) is 11.4. The van der Waals surface area contributed by atoms with Gasteiger partial charge in [-0.05, 0) is 37.8 Å². The van der Waals surface area contributed by atoms with Crippen molar-refractivity contribution in [3.8, 4) is 0 Å². The second-order valence-electron chi connectivity index (χ2n) is 5.80. The lowest BCUT2D eigenvalue weighted by molar-refractivity contribution is -0.151. The van der Waals surface area contributed by atoms with Crippen molar-refractivity contribution in [1.29, 1.82) is 0 Å². The van der Waals surface area contributed by atoms with E-state index in [0.717, 1.165) is 6.07 Å². The lowest BCUT2D eigenvalue weighted by atomic mass is 10.0. The maximum absolute atomic E-state index is 13.0. The molecule has 1 aliphatic rings. The van der Waals surface area contributed by atoms with Gasteiger partial charge in [-0.15, -0.1) is 0 Å². The van der Waals surface area contributed by atoms with Crippen molar-refractivity contribution >= 4 is 11.9 Å². The lowest BCUT2D eigenvalue weighted by Crippen LogP contribution is -2.41. The first-order chi connectivity index (χ1) is 11.2. The zero-order valence-corrected chi connectivity index (χ0v) is 13.0. The molecule has 0 bridgehead atoms. The van der Waals surface area contributed by atoms with Gasteiger partial charge in [0.05, 0.1) is 5.56 Å². The van der Waals surface area contributed by atoms with Gasteiger partial charge >= 0.3 is 12.1 Å². The van der Waals surface area contributed by atoms with Crippen LogP contribution < -0.4 is 5.32 Å². The largest absolute Gasteiger partial charge is 0.479 e. The molecule has 0 spiro atoms. The number of alkyl halides is 3. The molecular weight excluding hydrogens is 327 g/mol. The van der Waals surface area contributed by atoms with Gasteiger partial charge in [-0.25, -0.2) is 4.79 Å². The van der Waals surface area contributed by atoms with E-state index in [0.29, 0.717) is 0 Å². The van der Waals surface area contributed by atoms with Crippen LogP contribution in [0.4, 0.5) is 13.2 Å². The minimum atomic E-state index is -4.45. The molecule has 3 atom stereocenters. The second kappa shape index (κ2) is 7.21. The van der Waals surface area contributed by atoms with Crippen molar-refractivity contribution in [2.75, 3.05) is 0 Å². The Morgan fingerprint density at radius 3 is 2.50 bits per heavy atom. The zero-order valence-electron chi connectivity index (χ0n) is 13.0. The van der Waals surface area contributed by atoms with Crippen LogP contribution in [0.5, 0.6) is 0 Å². The van der Waals surface area contributed by atoms with Gasteiger partial charge in [0.25, 0.3) is 0 Å². The Labute approximate surface area is 136 Å². The highest BCUT2D eigenvalue weighted by molar-refractivity contribution is 5.82. The van der Waals surface area contributed by atoms with Gasteiger partial charge in [-0.1, -0.05) is 18.2 Å². The molecule has 1 amide bonds. The van der Waals surface area contributed by atoms with E-state index in [1.165, 1.54) is 18.2 Å². The van der Waals surface area contributed by atoms with Crippen LogP contribution in [0.25, 0.3) is 0 Å². The fourth-order valence-corrected chi connectivity index (χ4v) is 2.70. The number of halogens is 3. The molecule has 24 heavy (non-hydrogen) atoms. The quantitative estimate of drug-likeness (QED) is 0.859. The molecule has 1 heterocycles. The number of nitrogens with one attached hydrogen (secondary N) is 1. The third-order valence-electron chi connectivity index (χ3n) is 3.82.